The number of hydrogen-bond donors (Lipinski definition) is 0. The van der Waals surface area contributed by atoms with E-state index in [0.717, 1.165) is 12.1 Å². The number of pyridine rings is 1. The lowest BCUT2D eigenvalue weighted by Gasteiger charge is -2.02. The van der Waals surface area contributed by atoms with Crippen LogP contribution in [0.3, 0.4) is 0 Å². The van der Waals surface area contributed by atoms with Crippen molar-refractivity contribution in [2.75, 3.05) is 0 Å². The molecule has 0 saturated heterocycles. The van der Waals surface area contributed by atoms with Gasteiger partial charge in [-0.25, -0.2) is 9.98 Å². The number of nitrogens with zero attached hydrogens (tertiary/aromatic N) is 4. The molecule has 1 aromatic heterocycles. The summed E-state index contributed by atoms with van der Waals surface area (Å²) >= 11 is 0. The Morgan fingerprint density at radius 2 is 1.80 bits per heavy atom. The molecule has 0 N–H and O–H groups in total. The number of hydrogen-bond acceptors (Lipinski definition) is 4. The molecule has 4 nitrogen and oxygen atoms in total. The van der Waals surface area contributed by atoms with Gasteiger partial charge in [0.25, 0.3) is 0 Å². The van der Waals surface area contributed by atoms with E-state index in [1.54, 1.807) is 6.07 Å². The summed E-state index contributed by atoms with van der Waals surface area (Å²) in [7, 11) is 0. The molecule has 0 bridgehead atoms. The van der Waals surface area contributed by atoms with Crippen LogP contribution in [0.5, 0.6) is 0 Å². The van der Waals surface area contributed by atoms with Crippen LogP contribution in [0.1, 0.15) is 11.3 Å². The summed E-state index contributed by atoms with van der Waals surface area (Å²) in [6, 6.07) is 19.2. The maximum absolute atomic E-state index is 8.67. The predicted molar refractivity (Wildman–Crippen MR) is 76.4 cm³/mol. The molecule has 0 fully saturated rings. The van der Waals surface area contributed by atoms with Gasteiger partial charge in [-0.3, -0.25) is 0 Å². The van der Waals surface area contributed by atoms with Crippen LogP contribution in [0.4, 0.5) is 5.82 Å². The second kappa shape index (κ2) is 6.82. The van der Waals surface area contributed by atoms with Gasteiger partial charge in [0.15, 0.2) is 11.7 Å². The quantitative estimate of drug-likeness (QED) is 0.793. The summed E-state index contributed by atoms with van der Waals surface area (Å²) in [4.78, 5) is 8.46. The normalized spacial score (nSPS) is 10.3. The van der Waals surface area contributed by atoms with E-state index in [4.69, 9.17) is 10.5 Å². The summed E-state index contributed by atoms with van der Waals surface area (Å²) in [5.41, 5.74) is 2.07. The van der Waals surface area contributed by atoms with Gasteiger partial charge in [-0.2, -0.15) is 10.5 Å². The van der Waals surface area contributed by atoms with Crippen LogP contribution in [-0.4, -0.2) is 11.2 Å². The van der Waals surface area contributed by atoms with Gasteiger partial charge in [0.05, 0.1) is 12.1 Å². The van der Waals surface area contributed by atoms with Gasteiger partial charge in [-0.05, 0) is 17.7 Å². The standard InChI is InChI=1S/C16H12N4/c17-10-14(11-18)12-19-16-8-4-7-15(20-16)9-13-5-2-1-3-6-13/h1-8,12,14H,9H2. The number of aliphatic imine (C=N–C) groups is 1. The van der Waals surface area contributed by atoms with Crippen molar-refractivity contribution in [2.45, 2.75) is 6.42 Å². The van der Waals surface area contributed by atoms with Crippen molar-refractivity contribution in [1.82, 2.24) is 4.98 Å². The van der Waals surface area contributed by atoms with Crippen LogP contribution in [0, 0.1) is 28.6 Å². The van der Waals surface area contributed by atoms with Crippen LogP contribution in [-0.2, 0) is 6.42 Å². The van der Waals surface area contributed by atoms with Crippen LogP contribution in [0.2, 0.25) is 0 Å². The van der Waals surface area contributed by atoms with Crippen molar-refractivity contribution in [3.63, 3.8) is 0 Å². The summed E-state index contributed by atoms with van der Waals surface area (Å²) in [5, 5.41) is 17.3. The highest BCUT2D eigenvalue weighted by molar-refractivity contribution is 5.70. The van der Waals surface area contributed by atoms with E-state index in [1.807, 2.05) is 54.6 Å². The van der Waals surface area contributed by atoms with Gasteiger partial charge in [-0.1, -0.05) is 36.4 Å². The Morgan fingerprint density at radius 1 is 1.05 bits per heavy atom. The average Bonchev–Trinajstić information content (AvgIpc) is 2.50. The number of aromatic nitrogens is 1. The molecule has 0 aliphatic rings. The van der Waals surface area contributed by atoms with E-state index < -0.39 is 5.92 Å². The van der Waals surface area contributed by atoms with Crippen molar-refractivity contribution >= 4 is 12.0 Å². The monoisotopic (exact) mass is 260 g/mol. The minimum Gasteiger partial charge on any atom is -0.239 e. The molecule has 20 heavy (non-hydrogen) atoms. The van der Waals surface area contributed by atoms with Gasteiger partial charge >= 0.3 is 0 Å². The second-order valence-corrected chi connectivity index (χ2v) is 4.16. The van der Waals surface area contributed by atoms with Crippen molar-refractivity contribution in [3.05, 3.63) is 59.8 Å². The molecule has 2 rings (SSSR count). The molecule has 0 atom stereocenters. The van der Waals surface area contributed by atoms with E-state index in [0.29, 0.717) is 5.82 Å². The van der Waals surface area contributed by atoms with E-state index in [9.17, 15) is 0 Å². The van der Waals surface area contributed by atoms with Gasteiger partial charge in [0, 0.05) is 18.3 Å². The molecule has 2 aromatic rings. The lowest BCUT2D eigenvalue weighted by molar-refractivity contribution is 1.06. The zero-order valence-electron chi connectivity index (χ0n) is 10.8. The van der Waals surface area contributed by atoms with Crippen LogP contribution in [0.15, 0.2) is 53.5 Å². The number of benzene rings is 1. The fraction of sp³-hybridized carbons (Fsp3) is 0.125. The van der Waals surface area contributed by atoms with Crippen molar-refractivity contribution in [2.24, 2.45) is 10.9 Å². The fourth-order valence-electron chi connectivity index (χ4n) is 1.69. The Morgan fingerprint density at radius 3 is 2.50 bits per heavy atom. The highest BCUT2D eigenvalue weighted by atomic mass is 14.9. The van der Waals surface area contributed by atoms with Gasteiger partial charge in [0.2, 0.25) is 0 Å². The average molecular weight is 260 g/mol. The smallest absolute Gasteiger partial charge is 0.168 e. The highest BCUT2D eigenvalue weighted by Gasteiger charge is 2.01. The first-order chi connectivity index (χ1) is 9.81. The molecule has 1 heterocycles. The van der Waals surface area contributed by atoms with E-state index in [2.05, 4.69) is 9.98 Å². The van der Waals surface area contributed by atoms with E-state index in [1.165, 1.54) is 11.8 Å². The Bertz CT molecular complexity index is 664. The first-order valence-corrected chi connectivity index (χ1v) is 6.15. The first kappa shape index (κ1) is 13.5. The second-order valence-electron chi connectivity index (χ2n) is 4.16. The zero-order valence-corrected chi connectivity index (χ0v) is 10.8. The minimum absolute atomic E-state index is 0.508. The summed E-state index contributed by atoms with van der Waals surface area (Å²) in [6.07, 6.45) is 2.04. The maximum atomic E-state index is 8.67. The van der Waals surface area contributed by atoms with Crippen LogP contribution >= 0.6 is 0 Å². The SMILES string of the molecule is N#CC(C#N)C=Nc1cccc(Cc2ccccc2)n1. The molecule has 0 unspecified atom stereocenters. The topological polar surface area (TPSA) is 72.8 Å². The molecule has 96 valence electrons. The third-order valence-electron chi connectivity index (χ3n) is 2.65. The molecule has 0 spiro atoms. The third-order valence-corrected chi connectivity index (χ3v) is 2.65. The Labute approximate surface area is 117 Å². The molecule has 0 radical (unpaired) electrons. The Hall–Kier alpha value is -2.98. The van der Waals surface area contributed by atoms with Gasteiger partial charge < -0.3 is 0 Å². The Kier molecular flexibility index (Phi) is 4.59. The molecular weight excluding hydrogens is 248 g/mol. The van der Waals surface area contributed by atoms with Gasteiger partial charge in [-0.15, -0.1) is 0 Å². The number of nitriles is 2. The maximum Gasteiger partial charge on any atom is 0.168 e. The summed E-state index contributed by atoms with van der Waals surface area (Å²) in [6.45, 7) is 0. The van der Waals surface area contributed by atoms with E-state index >= 15 is 0 Å². The molecular formula is C16H12N4. The highest BCUT2D eigenvalue weighted by Crippen LogP contribution is 2.12. The first-order valence-electron chi connectivity index (χ1n) is 6.15. The van der Waals surface area contributed by atoms with Crippen LogP contribution in [0.25, 0.3) is 0 Å². The third kappa shape index (κ3) is 3.76. The molecule has 0 saturated carbocycles. The molecule has 0 aliphatic carbocycles. The summed E-state index contributed by atoms with van der Waals surface area (Å²) < 4.78 is 0. The molecule has 0 aliphatic heterocycles. The molecule has 1 aromatic carbocycles. The lowest BCUT2D eigenvalue weighted by Crippen LogP contribution is -1.94. The lowest BCUT2D eigenvalue weighted by atomic mass is 10.1. The van der Waals surface area contributed by atoms with Gasteiger partial charge in [0.1, 0.15) is 0 Å². The largest absolute Gasteiger partial charge is 0.239 e. The van der Waals surface area contributed by atoms with Crippen LogP contribution < -0.4 is 0 Å². The fourth-order valence-corrected chi connectivity index (χ4v) is 1.69. The molecule has 0 amide bonds. The molecule has 4 heteroatoms. The number of rotatable bonds is 4. The zero-order chi connectivity index (χ0) is 14.2. The van der Waals surface area contributed by atoms with E-state index in [-0.39, 0.29) is 0 Å². The predicted octanol–water partition coefficient (Wildman–Crippen LogP) is 3.04. The Balaban J connectivity index is 2.13. The van der Waals surface area contributed by atoms with Crippen molar-refractivity contribution < 1.29 is 0 Å². The minimum atomic E-state index is -0.838. The summed E-state index contributed by atoms with van der Waals surface area (Å²) in [5.74, 6) is -0.330. The van der Waals surface area contributed by atoms with Crippen molar-refractivity contribution in [3.8, 4) is 12.1 Å². The van der Waals surface area contributed by atoms with Crippen molar-refractivity contribution in [1.29, 1.82) is 10.5 Å².